The van der Waals surface area contributed by atoms with Crippen molar-refractivity contribution in [3.63, 3.8) is 0 Å². The Balaban J connectivity index is 2.41. The van der Waals surface area contributed by atoms with Crippen molar-refractivity contribution in [3.8, 4) is 0 Å². The zero-order valence-corrected chi connectivity index (χ0v) is 12.1. The van der Waals surface area contributed by atoms with E-state index in [1.807, 2.05) is 20.9 Å². The topological polar surface area (TPSA) is 49.4 Å². The fourth-order valence-electron chi connectivity index (χ4n) is 2.35. The van der Waals surface area contributed by atoms with E-state index < -0.39 is 10.0 Å². The molecule has 0 spiro atoms. The Hall–Kier alpha value is -0.130. The Kier molecular flexibility index (Phi) is 5.89. The second-order valence-corrected chi connectivity index (χ2v) is 7.42. The molecule has 1 rings (SSSR count). The van der Waals surface area contributed by atoms with Gasteiger partial charge in [-0.1, -0.05) is 13.8 Å². The fraction of sp³-hybridized carbons (Fsp3) is 1.00. The average molecular weight is 262 g/mol. The lowest BCUT2D eigenvalue weighted by molar-refractivity contribution is 0.262. The first kappa shape index (κ1) is 14.9. The summed E-state index contributed by atoms with van der Waals surface area (Å²) in [5, 5.41) is 3.15. The Bertz CT molecular complexity index is 306. The maximum atomic E-state index is 12.0. The van der Waals surface area contributed by atoms with Crippen LogP contribution >= 0.6 is 0 Å². The highest BCUT2D eigenvalue weighted by atomic mass is 32.2. The van der Waals surface area contributed by atoms with Crippen molar-refractivity contribution in [1.82, 2.24) is 9.62 Å². The van der Waals surface area contributed by atoms with Gasteiger partial charge in [0.1, 0.15) is 0 Å². The van der Waals surface area contributed by atoms with Gasteiger partial charge in [-0.3, -0.25) is 0 Å². The molecular weight excluding hydrogens is 236 g/mol. The quantitative estimate of drug-likeness (QED) is 0.785. The maximum absolute atomic E-state index is 12.0. The van der Waals surface area contributed by atoms with Gasteiger partial charge in [0.15, 0.2) is 0 Å². The van der Waals surface area contributed by atoms with Crippen LogP contribution in [0.4, 0.5) is 0 Å². The van der Waals surface area contributed by atoms with Crippen LogP contribution in [0.1, 0.15) is 33.1 Å². The molecule has 5 heteroatoms. The van der Waals surface area contributed by atoms with Crippen LogP contribution in [0.15, 0.2) is 0 Å². The maximum Gasteiger partial charge on any atom is 0.214 e. The Morgan fingerprint density at radius 1 is 1.29 bits per heavy atom. The van der Waals surface area contributed by atoms with E-state index in [9.17, 15) is 8.42 Å². The van der Waals surface area contributed by atoms with Gasteiger partial charge in [0.25, 0.3) is 0 Å². The van der Waals surface area contributed by atoms with E-state index in [2.05, 4.69) is 5.32 Å². The van der Waals surface area contributed by atoms with Crippen LogP contribution in [0.5, 0.6) is 0 Å². The van der Waals surface area contributed by atoms with Crippen molar-refractivity contribution in [2.45, 2.75) is 33.1 Å². The zero-order valence-electron chi connectivity index (χ0n) is 11.3. The van der Waals surface area contributed by atoms with Gasteiger partial charge in [0.2, 0.25) is 10.0 Å². The summed E-state index contributed by atoms with van der Waals surface area (Å²) < 4.78 is 25.7. The molecule has 0 unspecified atom stereocenters. The number of nitrogens with one attached hydrogen (secondary N) is 1. The molecule has 102 valence electrons. The largest absolute Gasteiger partial charge is 0.320 e. The van der Waals surface area contributed by atoms with Crippen molar-refractivity contribution >= 4 is 10.0 Å². The molecule has 0 saturated carbocycles. The predicted octanol–water partition coefficient (Wildman–Crippen LogP) is 1.29. The molecular formula is C12H26N2O2S. The van der Waals surface area contributed by atoms with Gasteiger partial charge >= 0.3 is 0 Å². The highest BCUT2D eigenvalue weighted by Gasteiger charge is 2.27. The number of hydrogen-bond acceptors (Lipinski definition) is 3. The highest BCUT2D eigenvalue weighted by molar-refractivity contribution is 7.89. The van der Waals surface area contributed by atoms with Gasteiger partial charge in [-0.2, -0.15) is 0 Å². The summed E-state index contributed by atoms with van der Waals surface area (Å²) in [4.78, 5) is 0. The monoisotopic (exact) mass is 262 g/mol. The summed E-state index contributed by atoms with van der Waals surface area (Å²) in [7, 11) is -1.05. The Morgan fingerprint density at radius 2 is 1.88 bits per heavy atom. The standard InChI is InChI=1S/C12H26N2O2S/c1-11(2)10-17(15,16)14-8-5-12(6-9-14)4-7-13-3/h11-13H,4-10H2,1-3H3. The van der Waals surface area contributed by atoms with E-state index >= 15 is 0 Å². The first-order chi connectivity index (χ1) is 7.95. The van der Waals surface area contributed by atoms with Crippen molar-refractivity contribution in [2.75, 3.05) is 32.4 Å². The molecule has 0 bridgehead atoms. The summed E-state index contributed by atoms with van der Waals surface area (Å²) in [6, 6.07) is 0. The number of rotatable bonds is 6. The molecule has 0 aliphatic carbocycles. The Morgan fingerprint density at radius 3 is 2.35 bits per heavy atom. The van der Waals surface area contributed by atoms with Gasteiger partial charge < -0.3 is 5.32 Å². The number of hydrogen-bond donors (Lipinski definition) is 1. The minimum Gasteiger partial charge on any atom is -0.320 e. The molecule has 17 heavy (non-hydrogen) atoms. The lowest BCUT2D eigenvalue weighted by atomic mass is 9.95. The molecule has 1 fully saturated rings. The summed E-state index contributed by atoms with van der Waals surface area (Å²) in [6.45, 7) is 6.37. The second-order valence-electron chi connectivity index (χ2n) is 5.41. The first-order valence-corrected chi connectivity index (χ1v) is 8.19. The van der Waals surface area contributed by atoms with E-state index in [1.165, 1.54) is 0 Å². The lowest BCUT2D eigenvalue weighted by Crippen LogP contribution is -2.40. The van der Waals surface area contributed by atoms with E-state index in [4.69, 9.17) is 0 Å². The zero-order chi connectivity index (χ0) is 12.9. The molecule has 1 saturated heterocycles. The van der Waals surface area contributed by atoms with Gasteiger partial charge in [-0.25, -0.2) is 12.7 Å². The molecule has 0 radical (unpaired) electrons. The van der Waals surface area contributed by atoms with E-state index in [-0.39, 0.29) is 11.7 Å². The van der Waals surface area contributed by atoms with Crippen molar-refractivity contribution < 1.29 is 8.42 Å². The smallest absolute Gasteiger partial charge is 0.214 e. The summed E-state index contributed by atoms with van der Waals surface area (Å²) >= 11 is 0. The first-order valence-electron chi connectivity index (χ1n) is 6.58. The molecule has 1 aliphatic heterocycles. The number of sulfonamides is 1. The summed E-state index contributed by atoms with van der Waals surface area (Å²) in [6.07, 6.45) is 3.19. The van der Waals surface area contributed by atoms with Crippen molar-refractivity contribution in [1.29, 1.82) is 0 Å². The molecule has 1 N–H and O–H groups in total. The molecule has 0 aromatic carbocycles. The minimum absolute atomic E-state index is 0.210. The van der Waals surface area contributed by atoms with Crippen LogP contribution in [0.3, 0.4) is 0 Å². The third-order valence-corrected chi connectivity index (χ3v) is 5.55. The van der Waals surface area contributed by atoms with Crippen molar-refractivity contribution in [3.05, 3.63) is 0 Å². The number of nitrogens with zero attached hydrogens (tertiary/aromatic N) is 1. The third-order valence-electron chi connectivity index (χ3n) is 3.31. The third kappa shape index (κ3) is 4.94. The van der Waals surface area contributed by atoms with Gasteiger partial charge in [0, 0.05) is 13.1 Å². The Labute approximate surface area is 106 Å². The summed E-state index contributed by atoms with van der Waals surface area (Å²) in [5.41, 5.74) is 0. The lowest BCUT2D eigenvalue weighted by Gasteiger charge is -2.31. The van der Waals surface area contributed by atoms with Gasteiger partial charge in [0.05, 0.1) is 5.75 Å². The normalized spacial score (nSPS) is 20.0. The molecule has 0 aromatic rings. The van der Waals surface area contributed by atoms with Crippen LogP contribution < -0.4 is 5.32 Å². The second kappa shape index (κ2) is 6.71. The number of piperidine rings is 1. The molecule has 1 aliphatic rings. The van der Waals surface area contributed by atoms with Crippen LogP contribution in [0.2, 0.25) is 0 Å². The molecule has 0 amide bonds. The fourth-order valence-corrected chi connectivity index (χ4v) is 4.17. The van der Waals surface area contributed by atoms with Crippen LogP contribution in [0.25, 0.3) is 0 Å². The van der Waals surface area contributed by atoms with E-state index in [0.717, 1.165) is 25.8 Å². The molecule has 0 atom stereocenters. The van der Waals surface area contributed by atoms with Gasteiger partial charge in [-0.15, -0.1) is 0 Å². The van der Waals surface area contributed by atoms with Crippen molar-refractivity contribution in [2.24, 2.45) is 11.8 Å². The molecule has 0 aromatic heterocycles. The minimum atomic E-state index is -3.01. The summed E-state index contributed by atoms with van der Waals surface area (Å²) in [5.74, 6) is 1.18. The predicted molar refractivity (Wildman–Crippen MR) is 71.5 cm³/mol. The van der Waals surface area contributed by atoms with Gasteiger partial charge in [-0.05, 0) is 44.7 Å². The SMILES string of the molecule is CNCCC1CCN(S(=O)(=O)CC(C)C)CC1. The van der Waals surface area contributed by atoms with E-state index in [1.54, 1.807) is 4.31 Å². The molecule has 4 nitrogen and oxygen atoms in total. The van der Waals surface area contributed by atoms with Crippen LogP contribution in [0, 0.1) is 11.8 Å². The van der Waals surface area contributed by atoms with Crippen LogP contribution in [-0.2, 0) is 10.0 Å². The average Bonchev–Trinajstić information content (AvgIpc) is 2.25. The van der Waals surface area contributed by atoms with E-state index in [0.29, 0.717) is 19.0 Å². The highest BCUT2D eigenvalue weighted by Crippen LogP contribution is 2.22. The molecule has 1 heterocycles. The van der Waals surface area contributed by atoms with Crippen LogP contribution in [-0.4, -0.2) is 45.2 Å².